The predicted molar refractivity (Wildman–Crippen MR) is 137 cm³/mol. The van der Waals surface area contributed by atoms with Crippen LogP contribution in [-0.4, -0.2) is 43.2 Å². The first kappa shape index (κ1) is 24.5. The minimum absolute atomic E-state index is 0.215. The average Bonchev–Trinajstić information content (AvgIpc) is 3.14. The number of rotatable bonds is 7. The van der Waals surface area contributed by atoms with Crippen molar-refractivity contribution in [2.24, 2.45) is 5.41 Å². The Hall–Kier alpha value is -2.66. The molecule has 0 bridgehead atoms. The van der Waals surface area contributed by atoms with Gasteiger partial charge in [0, 0.05) is 31.4 Å². The molecule has 182 valence electrons. The van der Waals surface area contributed by atoms with Crippen LogP contribution in [0.2, 0.25) is 0 Å². The van der Waals surface area contributed by atoms with Crippen molar-refractivity contribution in [2.45, 2.75) is 58.9 Å². The Kier molecular flexibility index (Phi) is 7.72. The Morgan fingerprint density at radius 2 is 1.97 bits per heavy atom. The summed E-state index contributed by atoms with van der Waals surface area (Å²) < 4.78 is 18.1. The number of nitrogens with one attached hydrogen (secondary N) is 1. The molecule has 34 heavy (non-hydrogen) atoms. The van der Waals surface area contributed by atoms with Crippen molar-refractivity contribution in [3.8, 4) is 5.75 Å². The summed E-state index contributed by atoms with van der Waals surface area (Å²) in [6.07, 6.45) is 7.11. The van der Waals surface area contributed by atoms with Gasteiger partial charge >= 0.3 is 5.97 Å². The minimum Gasteiger partial charge on any atom is -0.426 e. The maximum absolute atomic E-state index is 12.4. The number of benzene rings is 2. The molecule has 1 aliphatic carbocycles. The number of halogens is 1. The Morgan fingerprint density at radius 3 is 2.71 bits per heavy atom. The summed E-state index contributed by atoms with van der Waals surface area (Å²) >= 11 is 0. The van der Waals surface area contributed by atoms with Crippen LogP contribution in [-0.2, 0) is 11.2 Å². The van der Waals surface area contributed by atoms with Crippen molar-refractivity contribution in [2.75, 3.05) is 31.6 Å². The Balaban J connectivity index is 1.45. The number of allylic oxidation sites excluding steroid dienone is 1. The molecule has 1 aliphatic heterocycles. The molecule has 0 amide bonds. The van der Waals surface area contributed by atoms with Crippen LogP contribution in [0.5, 0.6) is 5.75 Å². The molecule has 1 saturated heterocycles. The number of ether oxygens (including phenoxy) is 1. The molecule has 1 heterocycles. The smallest absolute Gasteiger partial charge is 0.316 e. The zero-order chi connectivity index (χ0) is 24.1. The van der Waals surface area contributed by atoms with Crippen molar-refractivity contribution in [3.05, 3.63) is 65.2 Å². The van der Waals surface area contributed by atoms with E-state index in [0.29, 0.717) is 18.2 Å². The Labute approximate surface area is 203 Å². The van der Waals surface area contributed by atoms with E-state index in [4.69, 9.17) is 4.74 Å². The van der Waals surface area contributed by atoms with E-state index in [9.17, 15) is 9.18 Å². The molecule has 2 aromatic rings. The lowest BCUT2D eigenvalue weighted by atomic mass is 9.93. The maximum atomic E-state index is 12.4. The molecule has 5 heteroatoms. The molecule has 1 unspecified atom stereocenters. The van der Waals surface area contributed by atoms with Crippen LogP contribution in [0.1, 0.15) is 63.1 Å². The number of fused-ring (bicyclic) bond motifs is 1. The monoisotopic (exact) mass is 464 g/mol. The summed E-state index contributed by atoms with van der Waals surface area (Å²) in [4.78, 5) is 14.7. The predicted octanol–water partition coefficient (Wildman–Crippen LogP) is 6.25. The second-order valence-corrected chi connectivity index (χ2v) is 10.5. The van der Waals surface area contributed by atoms with Gasteiger partial charge in [0.15, 0.2) is 0 Å². The number of anilines is 1. The summed E-state index contributed by atoms with van der Waals surface area (Å²) in [5.74, 6) is 0.407. The Bertz CT molecular complexity index is 1020. The largest absolute Gasteiger partial charge is 0.426 e. The highest BCUT2D eigenvalue weighted by Gasteiger charge is 2.25. The molecular formula is C29H37FN2O2. The molecule has 0 aromatic heterocycles. The fourth-order valence-corrected chi connectivity index (χ4v) is 4.70. The first-order chi connectivity index (χ1) is 16.3. The van der Waals surface area contributed by atoms with Gasteiger partial charge in [0.05, 0.1) is 12.1 Å². The van der Waals surface area contributed by atoms with E-state index in [1.165, 1.54) is 22.3 Å². The van der Waals surface area contributed by atoms with Gasteiger partial charge in [-0.05, 0) is 99.4 Å². The fourth-order valence-electron chi connectivity index (χ4n) is 4.70. The molecule has 4 nitrogen and oxygen atoms in total. The van der Waals surface area contributed by atoms with Gasteiger partial charge in [0.2, 0.25) is 0 Å². The number of carbonyl (C=O) groups is 1. The molecule has 0 spiro atoms. The number of esters is 1. The first-order valence-electron chi connectivity index (χ1n) is 12.5. The van der Waals surface area contributed by atoms with E-state index < -0.39 is 5.41 Å². The molecular weight excluding hydrogens is 427 g/mol. The number of hydrogen-bond acceptors (Lipinski definition) is 4. The summed E-state index contributed by atoms with van der Waals surface area (Å²) in [5.41, 5.74) is 5.48. The topological polar surface area (TPSA) is 41.6 Å². The van der Waals surface area contributed by atoms with Crippen molar-refractivity contribution in [3.63, 3.8) is 0 Å². The highest BCUT2D eigenvalue weighted by atomic mass is 19.1. The molecule has 1 atom stereocenters. The van der Waals surface area contributed by atoms with E-state index in [2.05, 4.69) is 46.6 Å². The van der Waals surface area contributed by atoms with E-state index in [0.717, 1.165) is 51.0 Å². The molecule has 0 saturated carbocycles. The van der Waals surface area contributed by atoms with Gasteiger partial charge in [-0.1, -0.05) is 24.3 Å². The van der Waals surface area contributed by atoms with E-state index in [1.807, 2.05) is 32.9 Å². The van der Waals surface area contributed by atoms with Crippen molar-refractivity contribution in [1.29, 1.82) is 0 Å². The van der Waals surface area contributed by atoms with Crippen LogP contribution in [0.3, 0.4) is 0 Å². The lowest BCUT2D eigenvalue weighted by Gasteiger charge is -2.18. The third-order valence-electron chi connectivity index (χ3n) is 6.64. The maximum Gasteiger partial charge on any atom is 0.316 e. The summed E-state index contributed by atoms with van der Waals surface area (Å²) in [7, 11) is 0. The average molecular weight is 465 g/mol. The quantitative estimate of drug-likeness (QED) is 0.388. The summed E-state index contributed by atoms with van der Waals surface area (Å²) in [5, 5.41) is 3.64. The van der Waals surface area contributed by atoms with Crippen LogP contribution >= 0.6 is 0 Å². The van der Waals surface area contributed by atoms with Crippen LogP contribution < -0.4 is 10.1 Å². The number of hydrogen-bond donors (Lipinski definition) is 1. The van der Waals surface area contributed by atoms with Gasteiger partial charge in [-0.3, -0.25) is 9.18 Å². The minimum atomic E-state index is -0.529. The molecule has 2 aliphatic rings. The van der Waals surface area contributed by atoms with Gasteiger partial charge in [-0.2, -0.15) is 0 Å². The van der Waals surface area contributed by atoms with E-state index in [1.54, 1.807) is 0 Å². The van der Waals surface area contributed by atoms with Gasteiger partial charge in [0.25, 0.3) is 0 Å². The fraction of sp³-hybridized carbons (Fsp3) is 0.483. The number of likely N-dealkylation sites (tertiary alicyclic amines) is 1. The van der Waals surface area contributed by atoms with Crippen LogP contribution in [0, 0.1) is 5.41 Å². The highest BCUT2D eigenvalue weighted by molar-refractivity contribution is 5.83. The molecule has 0 radical (unpaired) electrons. The SMILES string of the molecule is CC(C)(C)C(=O)Oc1ccc2c(c1)CCCC=C2c1ccc(NC2CCN(CCCF)C2)cc1. The zero-order valence-corrected chi connectivity index (χ0v) is 20.7. The normalized spacial score (nSPS) is 18.7. The van der Waals surface area contributed by atoms with Crippen LogP contribution in [0.15, 0.2) is 48.5 Å². The number of carbonyl (C=O) groups excluding carboxylic acids is 1. The molecule has 2 aromatic carbocycles. The second kappa shape index (κ2) is 10.7. The second-order valence-electron chi connectivity index (χ2n) is 10.5. The van der Waals surface area contributed by atoms with E-state index >= 15 is 0 Å². The van der Waals surface area contributed by atoms with Gasteiger partial charge in [0.1, 0.15) is 5.75 Å². The van der Waals surface area contributed by atoms with Gasteiger partial charge < -0.3 is 15.0 Å². The zero-order valence-electron chi connectivity index (χ0n) is 20.7. The number of alkyl halides is 1. The number of aryl methyl sites for hydroxylation is 1. The summed E-state index contributed by atoms with van der Waals surface area (Å²) in [6.45, 7) is 8.22. The standard InChI is InChI=1S/C29H37FN2O2/c1-29(2,3)28(33)34-25-13-14-27-22(19-25)7-4-5-8-26(27)21-9-11-23(12-10-21)31-24-15-18-32(20-24)17-6-16-30/h8-14,19,24,31H,4-7,15-18,20H2,1-3H3. The lowest BCUT2D eigenvalue weighted by Crippen LogP contribution is -2.27. The van der Waals surface area contributed by atoms with Crippen LogP contribution in [0.4, 0.5) is 10.1 Å². The lowest BCUT2D eigenvalue weighted by molar-refractivity contribution is -0.143. The third kappa shape index (κ3) is 6.06. The molecule has 1 N–H and O–H groups in total. The van der Waals surface area contributed by atoms with Crippen molar-refractivity contribution in [1.82, 2.24) is 4.90 Å². The third-order valence-corrected chi connectivity index (χ3v) is 6.64. The Morgan fingerprint density at radius 1 is 1.18 bits per heavy atom. The summed E-state index contributed by atoms with van der Waals surface area (Å²) in [6, 6.07) is 15.1. The molecule has 4 rings (SSSR count). The van der Waals surface area contributed by atoms with Gasteiger partial charge in [-0.25, -0.2) is 0 Å². The van der Waals surface area contributed by atoms with E-state index in [-0.39, 0.29) is 12.6 Å². The van der Waals surface area contributed by atoms with Crippen molar-refractivity contribution >= 4 is 17.2 Å². The van der Waals surface area contributed by atoms with Crippen molar-refractivity contribution < 1.29 is 13.9 Å². The van der Waals surface area contributed by atoms with Crippen LogP contribution in [0.25, 0.3) is 5.57 Å². The first-order valence-corrected chi connectivity index (χ1v) is 12.5. The highest BCUT2D eigenvalue weighted by Crippen LogP contribution is 2.34. The molecule has 1 fully saturated rings. The van der Waals surface area contributed by atoms with Gasteiger partial charge in [-0.15, -0.1) is 0 Å². The number of nitrogens with zero attached hydrogens (tertiary/aromatic N) is 1.